The van der Waals surface area contributed by atoms with Gasteiger partial charge in [-0.15, -0.1) is 0 Å². The van der Waals surface area contributed by atoms with Gasteiger partial charge < -0.3 is 14.4 Å². The molecule has 1 heterocycles. The fourth-order valence-electron chi connectivity index (χ4n) is 3.13. The van der Waals surface area contributed by atoms with E-state index in [1.807, 2.05) is 37.7 Å². The summed E-state index contributed by atoms with van der Waals surface area (Å²) >= 11 is 6.09. The van der Waals surface area contributed by atoms with Crippen molar-refractivity contribution < 1.29 is 9.47 Å². The van der Waals surface area contributed by atoms with Crippen LogP contribution in [-0.2, 0) is 21.7 Å². The molecule has 0 radical (unpaired) electrons. The van der Waals surface area contributed by atoms with Gasteiger partial charge in [-0.2, -0.15) is 0 Å². The highest BCUT2D eigenvalue weighted by Gasteiger charge is 2.43. The van der Waals surface area contributed by atoms with Crippen molar-refractivity contribution in [3.05, 3.63) is 63.7 Å². The summed E-state index contributed by atoms with van der Waals surface area (Å²) in [7, 11) is 2.02. The minimum atomic E-state index is -0.403. The van der Waals surface area contributed by atoms with Crippen molar-refractivity contribution in [2.24, 2.45) is 4.99 Å². The Morgan fingerprint density at radius 2 is 2.00 bits per heavy atom. The van der Waals surface area contributed by atoms with Crippen LogP contribution in [0.1, 0.15) is 29.2 Å². The van der Waals surface area contributed by atoms with E-state index < -0.39 is 5.60 Å². The summed E-state index contributed by atoms with van der Waals surface area (Å²) in [6, 6.07) is 12.1. The Balaban J connectivity index is 1.82. The van der Waals surface area contributed by atoms with E-state index in [1.54, 1.807) is 0 Å². The van der Waals surface area contributed by atoms with E-state index in [2.05, 4.69) is 42.8 Å². The van der Waals surface area contributed by atoms with Gasteiger partial charge in [-0.25, -0.2) is 4.99 Å². The van der Waals surface area contributed by atoms with Gasteiger partial charge in [-0.3, -0.25) is 0 Å². The predicted octanol–water partition coefficient (Wildman–Crippen LogP) is 5.01. The average Bonchev–Trinajstić information content (AvgIpc) is 2.61. The molecule has 1 aliphatic heterocycles. The molecule has 3 rings (SSSR count). The van der Waals surface area contributed by atoms with Crippen molar-refractivity contribution >= 4 is 23.6 Å². The van der Waals surface area contributed by atoms with Gasteiger partial charge in [-0.1, -0.05) is 29.8 Å². The zero-order chi connectivity index (χ0) is 19.4. The third-order valence-corrected chi connectivity index (χ3v) is 5.24. The second-order valence-electron chi connectivity index (χ2n) is 7.18. The lowest BCUT2D eigenvalue weighted by molar-refractivity contribution is -0.223. The average molecular weight is 387 g/mol. The maximum Gasteiger partial charge on any atom is 0.140 e. The molecule has 1 aliphatic rings. The quantitative estimate of drug-likeness (QED) is 0.495. The van der Waals surface area contributed by atoms with Crippen molar-refractivity contribution in [3.8, 4) is 0 Å². The van der Waals surface area contributed by atoms with E-state index in [0.29, 0.717) is 19.8 Å². The van der Waals surface area contributed by atoms with E-state index >= 15 is 0 Å². The molecule has 0 spiro atoms. The van der Waals surface area contributed by atoms with Crippen LogP contribution in [0.4, 0.5) is 5.69 Å². The number of aliphatic imine (C=N–C) groups is 1. The van der Waals surface area contributed by atoms with Crippen LogP contribution in [0, 0.1) is 13.8 Å². The molecule has 0 N–H and O–H groups in total. The minimum absolute atomic E-state index is 0.403. The second kappa shape index (κ2) is 8.42. The number of halogens is 1. The Labute approximate surface area is 166 Å². The van der Waals surface area contributed by atoms with E-state index in [4.69, 9.17) is 21.1 Å². The van der Waals surface area contributed by atoms with Gasteiger partial charge in [0.05, 0.1) is 31.8 Å². The van der Waals surface area contributed by atoms with Crippen LogP contribution in [0.5, 0.6) is 0 Å². The van der Waals surface area contributed by atoms with Crippen LogP contribution in [0.3, 0.4) is 0 Å². The van der Waals surface area contributed by atoms with Crippen LogP contribution < -0.4 is 0 Å². The molecule has 27 heavy (non-hydrogen) atoms. The molecule has 0 aromatic heterocycles. The molecule has 0 bridgehead atoms. The molecular weight excluding hydrogens is 360 g/mol. The van der Waals surface area contributed by atoms with Gasteiger partial charge in [0.25, 0.3) is 0 Å². The molecule has 2 aromatic carbocycles. The van der Waals surface area contributed by atoms with Gasteiger partial charge in [0, 0.05) is 18.6 Å². The zero-order valence-corrected chi connectivity index (χ0v) is 17.2. The SMILES string of the molecule is CCN(C)C=Nc1cc(C)c(C2(OCc3cccc(Cl)c3)COC2)cc1C. The van der Waals surface area contributed by atoms with Gasteiger partial charge in [0.15, 0.2) is 0 Å². The standard InChI is InChI=1S/C22H27ClN2O2/c1-5-25(4)15-24-21-10-16(2)20(9-17(21)3)22(13-26-14-22)27-12-18-7-6-8-19(23)11-18/h6-11,15H,5,12-14H2,1-4H3. The summed E-state index contributed by atoms with van der Waals surface area (Å²) in [6.45, 7) is 8.86. The van der Waals surface area contributed by atoms with Crippen molar-refractivity contribution in [2.45, 2.75) is 33.0 Å². The highest BCUT2D eigenvalue weighted by Crippen LogP contribution is 2.39. The number of hydrogen-bond donors (Lipinski definition) is 0. The smallest absolute Gasteiger partial charge is 0.140 e. The molecule has 0 atom stereocenters. The lowest BCUT2D eigenvalue weighted by Crippen LogP contribution is -2.49. The van der Waals surface area contributed by atoms with Crippen LogP contribution >= 0.6 is 11.6 Å². The molecule has 1 fully saturated rings. The number of rotatable bonds is 7. The van der Waals surface area contributed by atoms with Crippen LogP contribution in [0.15, 0.2) is 41.4 Å². The molecule has 4 nitrogen and oxygen atoms in total. The Hall–Kier alpha value is -1.88. The maximum atomic E-state index is 6.35. The fourth-order valence-corrected chi connectivity index (χ4v) is 3.34. The lowest BCUT2D eigenvalue weighted by atomic mass is 9.86. The predicted molar refractivity (Wildman–Crippen MR) is 111 cm³/mol. The number of nitrogens with zero attached hydrogens (tertiary/aromatic N) is 2. The zero-order valence-electron chi connectivity index (χ0n) is 16.5. The first kappa shape index (κ1) is 19.9. The van der Waals surface area contributed by atoms with Gasteiger partial charge in [0.1, 0.15) is 5.60 Å². The maximum absolute atomic E-state index is 6.35. The Bertz CT molecular complexity index is 831. The topological polar surface area (TPSA) is 34.1 Å². The van der Waals surface area contributed by atoms with E-state index in [9.17, 15) is 0 Å². The first-order valence-electron chi connectivity index (χ1n) is 9.26. The number of ether oxygens (including phenoxy) is 2. The second-order valence-corrected chi connectivity index (χ2v) is 7.61. The molecule has 144 valence electrons. The Morgan fingerprint density at radius 3 is 2.63 bits per heavy atom. The van der Waals surface area contributed by atoms with Crippen molar-refractivity contribution in [2.75, 3.05) is 26.8 Å². The molecule has 5 heteroatoms. The van der Waals surface area contributed by atoms with E-state index in [0.717, 1.165) is 28.4 Å². The normalized spacial score (nSPS) is 15.7. The van der Waals surface area contributed by atoms with Crippen LogP contribution in [-0.4, -0.2) is 38.0 Å². The summed E-state index contributed by atoms with van der Waals surface area (Å²) in [5.74, 6) is 0. The third-order valence-electron chi connectivity index (χ3n) is 5.00. The van der Waals surface area contributed by atoms with Crippen LogP contribution in [0.2, 0.25) is 5.02 Å². The Kier molecular flexibility index (Phi) is 6.20. The van der Waals surface area contributed by atoms with E-state index in [-0.39, 0.29) is 0 Å². The van der Waals surface area contributed by atoms with Gasteiger partial charge in [0.2, 0.25) is 0 Å². The summed E-state index contributed by atoms with van der Waals surface area (Å²) in [5.41, 5.74) is 5.12. The number of benzene rings is 2. The first-order chi connectivity index (χ1) is 12.9. The molecular formula is C22H27ClN2O2. The monoisotopic (exact) mass is 386 g/mol. The third kappa shape index (κ3) is 4.52. The summed E-state index contributed by atoms with van der Waals surface area (Å²) in [4.78, 5) is 6.68. The number of hydrogen-bond acceptors (Lipinski definition) is 3. The van der Waals surface area contributed by atoms with Crippen molar-refractivity contribution in [3.63, 3.8) is 0 Å². The molecule has 0 amide bonds. The summed E-state index contributed by atoms with van der Waals surface area (Å²) in [6.07, 6.45) is 1.87. The first-order valence-corrected chi connectivity index (χ1v) is 9.63. The lowest BCUT2D eigenvalue weighted by Gasteiger charge is -2.42. The largest absolute Gasteiger partial charge is 0.375 e. The molecule has 0 aliphatic carbocycles. The summed E-state index contributed by atoms with van der Waals surface area (Å²) < 4.78 is 11.9. The summed E-state index contributed by atoms with van der Waals surface area (Å²) in [5, 5.41) is 0.723. The Morgan fingerprint density at radius 1 is 1.22 bits per heavy atom. The van der Waals surface area contributed by atoms with Crippen molar-refractivity contribution in [1.29, 1.82) is 0 Å². The van der Waals surface area contributed by atoms with Crippen LogP contribution in [0.25, 0.3) is 0 Å². The van der Waals surface area contributed by atoms with E-state index in [1.165, 1.54) is 11.1 Å². The number of aryl methyl sites for hydroxylation is 2. The fraction of sp³-hybridized carbons (Fsp3) is 0.409. The van der Waals surface area contributed by atoms with Crippen molar-refractivity contribution in [1.82, 2.24) is 4.90 Å². The highest BCUT2D eigenvalue weighted by molar-refractivity contribution is 6.30. The van der Waals surface area contributed by atoms with Gasteiger partial charge >= 0.3 is 0 Å². The van der Waals surface area contributed by atoms with Gasteiger partial charge in [-0.05, 0) is 61.2 Å². The molecule has 2 aromatic rings. The molecule has 0 unspecified atom stereocenters. The highest BCUT2D eigenvalue weighted by atomic mass is 35.5. The molecule has 0 saturated carbocycles. The minimum Gasteiger partial charge on any atom is -0.375 e. The molecule has 1 saturated heterocycles.